The number of aromatic nitrogens is 4. The number of benzene rings is 2. The number of fused-ring (bicyclic) bond motifs is 1. The summed E-state index contributed by atoms with van der Waals surface area (Å²) < 4.78 is 1.63. The standard InChI is InChI=1S/C24H18ClN5OS/c1-15-21(22(25)30(29-15)13-16-7-3-2-4-8-16)23(31)28-24-27-20(14-32-24)19-12-11-17-9-5-6-10-18(17)26-19/h2-12,14H,13H2,1H3,(H,27,28,31). The van der Waals surface area contributed by atoms with E-state index in [0.717, 1.165) is 22.2 Å². The summed E-state index contributed by atoms with van der Waals surface area (Å²) in [6, 6.07) is 21.7. The molecule has 0 spiro atoms. The van der Waals surface area contributed by atoms with Crippen molar-refractivity contribution in [2.24, 2.45) is 0 Å². The van der Waals surface area contributed by atoms with Gasteiger partial charge in [-0.25, -0.2) is 14.6 Å². The number of thiazole rings is 1. The molecule has 0 bridgehead atoms. The third-order valence-electron chi connectivity index (χ3n) is 5.05. The van der Waals surface area contributed by atoms with Gasteiger partial charge in [0, 0.05) is 10.8 Å². The monoisotopic (exact) mass is 459 g/mol. The van der Waals surface area contributed by atoms with Gasteiger partial charge in [-0.05, 0) is 24.6 Å². The van der Waals surface area contributed by atoms with Crippen LogP contribution in [0.5, 0.6) is 0 Å². The fourth-order valence-corrected chi connectivity index (χ4v) is 4.51. The SMILES string of the molecule is Cc1nn(Cc2ccccc2)c(Cl)c1C(=O)Nc1nc(-c2ccc3ccccc3n2)cs1. The first-order valence-electron chi connectivity index (χ1n) is 9.98. The largest absolute Gasteiger partial charge is 0.298 e. The van der Waals surface area contributed by atoms with Gasteiger partial charge in [0.1, 0.15) is 10.8 Å². The average Bonchev–Trinajstić information content (AvgIpc) is 3.38. The van der Waals surface area contributed by atoms with Crippen molar-refractivity contribution < 1.29 is 4.79 Å². The van der Waals surface area contributed by atoms with Crippen molar-refractivity contribution in [1.29, 1.82) is 0 Å². The molecule has 2 aromatic carbocycles. The molecule has 158 valence electrons. The van der Waals surface area contributed by atoms with Crippen molar-refractivity contribution >= 4 is 44.9 Å². The van der Waals surface area contributed by atoms with Gasteiger partial charge in [0.05, 0.1) is 29.0 Å². The fourth-order valence-electron chi connectivity index (χ4n) is 3.49. The summed E-state index contributed by atoms with van der Waals surface area (Å²) in [5.74, 6) is -0.334. The third kappa shape index (κ3) is 4.00. The zero-order valence-electron chi connectivity index (χ0n) is 17.1. The van der Waals surface area contributed by atoms with Crippen LogP contribution in [0.2, 0.25) is 5.15 Å². The maximum absolute atomic E-state index is 12.9. The predicted octanol–water partition coefficient (Wildman–Crippen LogP) is 5.82. The van der Waals surface area contributed by atoms with E-state index in [0.29, 0.717) is 33.8 Å². The molecule has 0 aliphatic carbocycles. The molecule has 0 aliphatic rings. The number of aryl methyl sites for hydroxylation is 1. The summed E-state index contributed by atoms with van der Waals surface area (Å²) in [4.78, 5) is 22.1. The molecule has 5 rings (SSSR count). The maximum atomic E-state index is 12.9. The summed E-state index contributed by atoms with van der Waals surface area (Å²) in [5.41, 5.74) is 4.33. The van der Waals surface area contributed by atoms with Crippen LogP contribution in [-0.2, 0) is 6.54 Å². The number of hydrogen-bond acceptors (Lipinski definition) is 5. The van der Waals surface area contributed by atoms with Gasteiger partial charge >= 0.3 is 0 Å². The summed E-state index contributed by atoms with van der Waals surface area (Å²) in [7, 11) is 0. The predicted molar refractivity (Wildman–Crippen MR) is 128 cm³/mol. The van der Waals surface area contributed by atoms with Gasteiger partial charge < -0.3 is 0 Å². The Morgan fingerprint density at radius 1 is 1.00 bits per heavy atom. The Hall–Kier alpha value is -3.55. The van der Waals surface area contributed by atoms with Crippen molar-refractivity contribution in [3.8, 4) is 11.4 Å². The Kier molecular flexibility index (Phi) is 5.43. The van der Waals surface area contributed by atoms with Crippen LogP contribution in [0.25, 0.3) is 22.3 Å². The molecule has 0 aliphatic heterocycles. The first kappa shape index (κ1) is 20.4. The molecule has 0 unspecified atom stereocenters. The molecule has 0 radical (unpaired) electrons. The molecule has 8 heteroatoms. The molecule has 0 saturated carbocycles. The minimum absolute atomic E-state index is 0.303. The molecular weight excluding hydrogens is 442 g/mol. The lowest BCUT2D eigenvalue weighted by atomic mass is 10.2. The number of pyridine rings is 1. The summed E-state index contributed by atoms with van der Waals surface area (Å²) in [6.45, 7) is 2.26. The highest BCUT2D eigenvalue weighted by atomic mass is 35.5. The van der Waals surface area contributed by atoms with Crippen LogP contribution in [0.1, 0.15) is 21.6 Å². The van der Waals surface area contributed by atoms with Gasteiger partial charge in [0.2, 0.25) is 0 Å². The van der Waals surface area contributed by atoms with E-state index in [-0.39, 0.29) is 5.91 Å². The molecular formula is C24H18ClN5OS. The third-order valence-corrected chi connectivity index (χ3v) is 6.19. The Bertz CT molecular complexity index is 1430. The van der Waals surface area contributed by atoms with E-state index >= 15 is 0 Å². The number of nitrogens with one attached hydrogen (secondary N) is 1. The number of hydrogen-bond donors (Lipinski definition) is 1. The second-order valence-electron chi connectivity index (χ2n) is 7.28. The van der Waals surface area contributed by atoms with Crippen LogP contribution in [0.3, 0.4) is 0 Å². The molecule has 0 saturated heterocycles. The average molecular weight is 460 g/mol. The second kappa shape index (κ2) is 8.53. The number of halogens is 1. The van der Waals surface area contributed by atoms with E-state index in [1.165, 1.54) is 11.3 Å². The maximum Gasteiger partial charge on any atom is 0.262 e. The molecule has 3 aromatic heterocycles. The molecule has 3 heterocycles. The minimum Gasteiger partial charge on any atom is -0.298 e. The van der Waals surface area contributed by atoms with Gasteiger partial charge in [0.15, 0.2) is 5.13 Å². The highest BCUT2D eigenvalue weighted by molar-refractivity contribution is 7.14. The number of para-hydroxylation sites is 1. The van der Waals surface area contributed by atoms with Gasteiger partial charge in [-0.2, -0.15) is 5.10 Å². The van der Waals surface area contributed by atoms with Crippen molar-refractivity contribution in [1.82, 2.24) is 19.7 Å². The van der Waals surface area contributed by atoms with Gasteiger partial charge in [-0.15, -0.1) is 11.3 Å². The number of carbonyl (C=O) groups excluding carboxylic acids is 1. The highest BCUT2D eigenvalue weighted by Gasteiger charge is 2.21. The van der Waals surface area contributed by atoms with E-state index in [9.17, 15) is 4.79 Å². The number of amides is 1. The van der Waals surface area contributed by atoms with Crippen molar-refractivity contribution in [3.63, 3.8) is 0 Å². The lowest BCUT2D eigenvalue weighted by Gasteiger charge is -2.04. The minimum atomic E-state index is -0.334. The Labute approximate surface area is 193 Å². The van der Waals surface area contributed by atoms with Gasteiger partial charge in [0.25, 0.3) is 5.91 Å². The summed E-state index contributed by atoms with van der Waals surface area (Å²) in [5, 5.41) is 11.0. The van der Waals surface area contributed by atoms with E-state index in [1.807, 2.05) is 72.1 Å². The zero-order valence-corrected chi connectivity index (χ0v) is 18.7. The van der Waals surface area contributed by atoms with Crippen molar-refractivity contribution in [2.75, 3.05) is 5.32 Å². The summed E-state index contributed by atoms with van der Waals surface area (Å²) in [6.07, 6.45) is 0. The number of rotatable bonds is 5. The van der Waals surface area contributed by atoms with E-state index in [2.05, 4.69) is 20.4 Å². The van der Waals surface area contributed by atoms with Gasteiger partial charge in [-0.3, -0.25) is 10.1 Å². The normalized spacial score (nSPS) is 11.1. The molecule has 5 aromatic rings. The van der Waals surface area contributed by atoms with Crippen LogP contribution < -0.4 is 5.32 Å². The molecule has 0 atom stereocenters. The first-order chi connectivity index (χ1) is 15.6. The molecule has 0 fully saturated rings. The lowest BCUT2D eigenvalue weighted by molar-refractivity contribution is 0.102. The van der Waals surface area contributed by atoms with Crippen LogP contribution in [0.4, 0.5) is 5.13 Å². The van der Waals surface area contributed by atoms with Crippen LogP contribution >= 0.6 is 22.9 Å². The molecule has 32 heavy (non-hydrogen) atoms. The zero-order chi connectivity index (χ0) is 22.1. The number of carbonyl (C=O) groups is 1. The first-order valence-corrected chi connectivity index (χ1v) is 11.2. The van der Waals surface area contributed by atoms with Crippen molar-refractivity contribution in [2.45, 2.75) is 13.5 Å². The van der Waals surface area contributed by atoms with E-state index < -0.39 is 0 Å². The van der Waals surface area contributed by atoms with Crippen LogP contribution in [0.15, 0.2) is 72.1 Å². The molecule has 6 nitrogen and oxygen atoms in total. The highest BCUT2D eigenvalue weighted by Crippen LogP contribution is 2.27. The molecule has 1 amide bonds. The molecule has 1 N–H and O–H groups in total. The van der Waals surface area contributed by atoms with Crippen molar-refractivity contribution in [3.05, 3.63) is 94.1 Å². The topological polar surface area (TPSA) is 72.7 Å². The lowest BCUT2D eigenvalue weighted by Crippen LogP contribution is -2.13. The van der Waals surface area contributed by atoms with E-state index in [1.54, 1.807) is 11.6 Å². The summed E-state index contributed by atoms with van der Waals surface area (Å²) >= 11 is 7.85. The second-order valence-corrected chi connectivity index (χ2v) is 8.49. The Morgan fingerprint density at radius 3 is 2.62 bits per heavy atom. The Morgan fingerprint density at radius 2 is 1.78 bits per heavy atom. The van der Waals surface area contributed by atoms with Crippen LogP contribution in [0, 0.1) is 6.92 Å². The van der Waals surface area contributed by atoms with E-state index in [4.69, 9.17) is 11.6 Å². The quantitative estimate of drug-likeness (QED) is 0.359. The van der Waals surface area contributed by atoms with Crippen LogP contribution in [-0.4, -0.2) is 25.7 Å². The van der Waals surface area contributed by atoms with Gasteiger partial charge in [-0.1, -0.05) is 66.2 Å². The number of nitrogens with zero attached hydrogens (tertiary/aromatic N) is 4. The fraction of sp³-hybridized carbons (Fsp3) is 0.0833. The Balaban J connectivity index is 1.36. The number of anilines is 1. The smallest absolute Gasteiger partial charge is 0.262 e.